The van der Waals surface area contributed by atoms with E-state index in [1.54, 1.807) is 12.1 Å². The molecule has 1 N–H and O–H groups in total. The molecule has 5 nitrogen and oxygen atoms in total. The number of likely N-dealkylation sites (N-methyl/N-ethyl adjacent to an activating group) is 1. The molecule has 0 saturated carbocycles. The Labute approximate surface area is 112 Å². The third-order valence-electron chi connectivity index (χ3n) is 3.31. The van der Waals surface area contributed by atoms with Crippen LogP contribution < -0.4 is 0 Å². The summed E-state index contributed by atoms with van der Waals surface area (Å²) in [4.78, 5) is 2.83. The summed E-state index contributed by atoms with van der Waals surface area (Å²) in [6.07, 6.45) is 0. The van der Waals surface area contributed by atoms with Crippen molar-refractivity contribution in [3.8, 4) is 0 Å². The molecule has 0 aromatic carbocycles. The first kappa shape index (κ1) is 14.0. The molecule has 102 valence electrons. The monoisotopic (exact) mass is 290 g/mol. The summed E-state index contributed by atoms with van der Waals surface area (Å²) in [5.74, 6) is 0. The summed E-state index contributed by atoms with van der Waals surface area (Å²) in [6.45, 7) is 3.70. The van der Waals surface area contributed by atoms with Gasteiger partial charge < -0.3 is 10.0 Å². The van der Waals surface area contributed by atoms with Crippen molar-refractivity contribution in [2.75, 3.05) is 26.7 Å². The molecule has 1 saturated heterocycles. The van der Waals surface area contributed by atoms with Crippen LogP contribution in [-0.4, -0.2) is 55.5 Å². The zero-order chi connectivity index (χ0) is 13.3. The molecule has 1 unspecified atom stereocenters. The minimum atomic E-state index is -3.39. The number of sulfonamides is 1. The van der Waals surface area contributed by atoms with E-state index in [1.165, 1.54) is 4.31 Å². The van der Waals surface area contributed by atoms with E-state index in [-0.39, 0.29) is 12.6 Å². The Hall–Kier alpha value is -0.470. The Morgan fingerprint density at radius 2 is 2.17 bits per heavy atom. The maximum atomic E-state index is 12.4. The van der Waals surface area contributed by atoms with Crippen LogP contribution in [0.2, 0.25) is 0 Å². The fourth-order valence-electron chi connectivity index (χ4n) is 1.94. The molecule has 1 aromatic rings. The van der Waals surface area contributed by atoms with E-state index in [0.29, 0.717) is 22.2 Å². The number of aliphatic hydroxyl groups excluding tert-OH is 1. The Morgan fingerprint density at radius 3 is 2.72 bits per heavy atom. The van der Waals surface area contributed by atoms with Gasteiger partial charge in [0.2, 0.25) is 0 Å². The van der Waals surface area contributed by atoms with Crippen LogP contribution in [0, 0.1) is 0 Å². The van der Waals surface area contributed by atoms with Gasteiger partial charge >= 0.3 is 0 Å². The second kappa shape index (κ2) is 5.26. The van der Waals surface area contributed by atoms with Crippen LogP contribution in [0.4, 0.5) is 0 Å². The Kier molecular flexibility index (Phi) is 4.08. The van der Waals surface area contributed by atoms with Crippen molar-refractivity contribution >= 4 is 21.4 Å². The third-order valence-corrected chi connectivity index (χ3v) is 6.71. The van der Waals surface area contributed by atoms with Crippen LogP contribution in [0.15, 0.2) is 16.3 Å². The zero-order valence-corrected chi connectivity index (χ0v) is 12.2. The molecule has 0 spiro atoms. The average Bonchev–Trinajstić information content (AvgIpc) is 2.81. The second-order valence-corrected chi connectivity index (χ2v) is 7.90. The number of aliphatic hydroxyl groups is 1. The molecule has 7 heteroatoms. The molecule has 1 aromatic heterocycles. The van der Waals surface area contributed by atoms with E-state index in [9.17, 15) is 8.42 Å². The van der Waals surface area contributed by atoms with Gasteiger partial charge in [-0.05, 0) is 26.1 Å². The Morgan fingerprint density at radius 1 is 1.44 bits per heavy atom. The molecular weight excluding hydrogens is 272 g/mol. The maximum Gasteiger partial charge on any atom is 0.252 e. The molecule has 0 bridgehead atoms. The van der Waals surface area contributed by atoms with Gasteiger partial charge in [0.25, 0.3) is 10.0 Å². The molecular formula is C11H18N2O3S2. The summed E-state index contributed by atoms with van der Waals surface area (Å²) < 4.78 is 26.7. The van der Waals surface area contributed by atoms with Gasteiger partial charge in [-0.25, -0.2) is 8.42 Å². The van der Waals surface area contributed by atoms with Crippen LogP contribution in [0.25, 0.3) is 0 Å². The quantitative estimate of drug-likeness (QED) is 0.884. The van der Waals surface area contributed by atoms with E-state index >= 15 is 0 Å². The normalized spacial score (nSPS) is 23.4. The van der Waals surface area contributed by atoms with Gasteiger partial charge in [0.1, 0.15) is 4.21 Å². The van der Waals surface area contributed by atoms with Crippen molar-refractivity contribution < 1.29 is 13.5 Å². The highest BCUT2D eigenvalue weighted by molar-refractivity contribution is 7.91. The lowest BCUT2D eigenvalue weighted by Gasteiger charge is -2.36. The first-order valence-corrected chi connectivity index (χ1v) is 8.10. The fourth-order valence-corrected chi connectivity index (χ4v) is 4.82. The molecule has 18 heavy (non-hydrogen) atoms. The summed E-state index contributed by atoms with van der Waals surface area (Å²) in [5, 5.41) is 9.00. The minimum absolute atomic E-state index is 0.112. The lowest BCUT2D eigenvalue weighted by molar-refractivity contribution is 0.160. The van der Waals surface area contributed by atoms with E-state index in [1.807, 2.05) is 14.0 Å². The zero-order valence-electron chi connectivity index (χ0n) is 10.5. The lowest BCUT2D eigenvalue weighted by Crippen LogP contribution is -2.51. The number of hydrogen-bond acceptors (Lipinski definition) is 5. The van der Waals surface area contributed by atoms with Gasteiger partial charge in [0, 0.05) is 30.6 Å². The topological polar surface area (TPSA) is 60.9 Å². The van der Waals surface area contributed by atoms with Crippen molar-refractivity contribution in [1.82, 2.24) is 9.21 Å². The van der Waals surface area contributed by atoms with Crippen LogP contribution in [0.1, 0.15) is 11.8 Å². The van der Waals surface area contributed by atoms with Gasteiger partial charge in [0.15, 0.2) is 0 Å². The molecule has 1 aliphatic rings. The molecule has 0 radical (unpaired) electrons. The van der Waals surface area contributed by atoms with Gasteiger partial charge in [0.05, 0.1) is 6.61 Å². The largest absolute Gasteiger partial charge is 0.391 e. The molecule has 2 rings (SSSR count). The molecule has 2 heterocycles. The summed E-state index contributed by atoms with van der Waals surface area (Å²) >= 11 is 1.14. The SMILES string of the molecule is CC1CN(S(=O)(=O)c2ccc(CO)s2)CCN1C. The standard InChI is InChI=1S/C11H18N2O3S2/c1-9-7-13(6-5-12(9)2)18(15,16)11-4-3-10(8-14)17-11/h3-4,9,14H,5-8H2,1-2H3. The average molecular weight is 290 g/mol. The van der Waals surface area contributed by atoms with Crippen LogP contribution in [0.3, 0.4) is 0 Å². The number of rotatable bonds is 3. The first-order chi connectivity index (χ1) is 8.45. The lowest BCUT2D eigenvalue weighted by atomic mass is 10.2. The minimum Gasteiger partial charge on any atom is -0.391 e. The van der Waals surface area contributed by atoms with Crippen molar-refractivity contribution in [3.05, 3.63) is 17.0 Å². The number of nitrogens with zero attached hydrogens (tertiary/aromatic N) is 2. The van der Waals surface area contributed by atoms with Crippen molar-refractivity contribution in [3.63, 3.8) is 0 Å². The molecule has 0 amide bonds. The van der Waals surface area contributed by atoms with Gasteiger partial charge in [-0.1, -0.05) is 0 Å². The van der Waals surface area contributed by atoms with Crippen LogP contribution >= 0.6 is 11.3 Å². The van der Waals surface area contributed by atoms with Crippen molar-refractivity contribution in [2.45, 2.75) is 23.8 Å². The molecule has 1 fully saturated rings. The van der Waals surface area contributed by atoms with Crippen LogP contribution in [-0.2, 0) is 16.6 Å². The molecule has 1 atom stereocenters. The predicted molar refractivity (Wildman–Crippen MR) is 71.1 cm³/mol. The first-order valence-electron chi connectivity index (χ1n) is 5.85. The Balaban J connectivity index is 2.21. The maximum absolute atomic E-state index is 12.4. The van der Waals surface area contributed by atoms with Gasteiger partial charge in [-0.15, -0.1) is 11.3 Å². The van der Waals surface area contributed by atoms with E-state index in [4.69, 9.17) is 5.11 Å². The summed E-state index contributed by atoms with van der Waals surface area (Å²) in [7, 11) is -1.39. The predicted octanol–water partition coefficient (Wildman–Crippen LogP) is 0.565. The van der Waals surface area contributed by atoms with E-state index in [0.717, 1.165) is 17.9 Å². The number of thiophene rings is 1. The second-order valence-electron chi connectivity index (χ2n) is 4.57. The van der Waals surface area contributed by atoms with E-state index in [2.05, 4.69) is 4.90 Å². The third kappa shape index (κ3) is 2.60. The van der Waals surface area contributed by atoms with Gasteiger partial charge in [-0.3, -0.25) is 0 Å². The van der Waals surface area contributed by atoms with Crippen molar-refractivity contribution in [2.24, 2.45) is 0 Å². The highest BCUT2D eigenvalue weighted by Crippen LogP contribution is 2.26. The van der Waals surface area contributed by atoms with E-state index < -0.39 is 10.0 Å². The molecule has 0 aliphatic carbocycles. The Bertz CT molecular complexity index is 512. The highest BCUT2D eigenvalue weighted by Gasteiger charge is 2.31. The summed E-state index contributed by atoms with van der Waals surface area (Å²) in [6, 6.07) is 3.47. The highest BCUT2D eigenvalue weighted by atomic mass is 32.2. The number of piperazine rings is 1. The fraction of sp³-hybridized carbons (Fsp3) is 0.636. The van der Waals surface area contributed by atoms with Crippen LogP contribution in [0.5, 0.6) is 0 Å². The van der Waals surface area contributed by atoms with Crippen molar-refractivity contribution in [1.29, 1.82) is 0 Å². The molecule has 1 aliphatic heterocycles. The summed E-state index contributed by atoms with van der Waals surface area (Å²) in [5.41, 5.74) is 0. The van der Waals surface area contributed by atoms with Gasteiger partial charge in [-0.2, -0.15) is 4.31 Å². The smallest absolute Gasteiger partial charge is 0.252 e. The number of hydrogen-bond donors (Lipinski definition) is 1.